The Bertz CT molecular complexity index is 101. The van der Waals surface area contributed by atoms with E-state index in [1.807, 2.05) is 6.92 Å². The second kappa shape index (κ2) is 3.77. The average molecular weight is 142 g/mol. The summed E-state index contributed by atoms with van der Waals surface area (Å²) in [5.41, 5.74) is -0.677. The Morgan fingerprint density at radius 3 is 2.00 bits per heavy atom. The van der Waals surface area contributed by atoms with E-state index in [4.69, 9.17) is 0 Å². The topological polar surface area (TPSA) is 20.2 Å². The molecule has 0 aliphatic carbocycles. The van der Waals surface area contributed by atoms with Crippen LogP contribution in [0.2, 0.25) is 0 Å². The Hall–Kier alpha value is -0.300. The average Bonchev–Trinajstić information content (AvgIpc) is 1.90. The van der Waals surface area contributed by atoms with E-state index >= 15 is 0 Å². The first-order chi connectivity index (χ1) is 4.58. The van der Waals surface area contributed by atoms with Gasteiger partial charge in [0.25, 0.3) is 0 Å². The molecule has 0 radical (unpaired) electrons. The van der Waals surface area contributed by atoms with Crippen molar-refractivity contribution in [1.82, 2.24) is 0 Å². The smallest absolute Gasteiger partial charge is 0.0824 e. The third-order valence-electron chi connectivity index (χ3n) is 2.23. The molecule has 0 aliphatic heterocycles. The molecule has 0 aliphatic rings. The molecule has 0 heterocycles. The Morgan fingerprint density at radius 1 is 1.50 bits per heavy atom. The maximum Gasteiger partial charge on any atom is 0.0824 e. The van der Waals surface area contributed by atoms with E-state index in [-0.39, 0.29) is 0 Å². The zero-order chi connectivity index (χ0) is 8.20. The molecule has 1 unspecified atom stereocenters. The summed E-state index contributed by atoms with van der Waals surface area (Å²) >= 11 is 0. The van der Waals surface area contributed by atoms with E-state index in [1.54, 1.807) is 6.08 Å². The second-order valence-electron chi connectivity index (χ2n) is 2.94. The van der Waals surface area contributed by atoms with Gasteiger partial charge in [-0.3, -0.25) is 0 Å². The van der Waals surface area contributed by atoms with E-state index in [2.05, 4.69) is 20.4 Å². The lowest BCUT2D eigenvalue weighted by Crippen LogP contribution is -2.30. The number of rotatable bonds is 4. The molecule has 0 amide bonds. The Labute approximate surface area is 63.8 Å². The van der Waals surface area contributed by atoms with Gasteiger partial charge in [-0.15, -0.1) is 6.58 Å². The van der Waals surface area contributed by atoms with Crippen LogP contribution in [0, 0.1) is 5.92 Å². The van der Waals surface area contributed by atoms with Gasteiger partial charge in [-0.1, -0.05) is 32.8 Å². The number of aliphatic hydroxyl groups is 1. The molecule has 1 N–H and O–H groups in total. The summed E-state index contributed by atoms with van der Waals surface area (Å²) < 4.78 is 0. The summed E-state index contributed by atoms with van der Waals surface area (Å²) in [6.07, 6.45) is 3.65. The molecular weight excluding hydrogens is 124 g/mol. The fourth-order valence-corrected chi connectivity index (χ4v) is 1.28. The summed E-state index contributed by atoms with van der Waals surface area (Å²) in [5, 5.41) is 9.66. The highest BCUT2D eigenvalue weighted by Crippen LogP contribution is 2.24. The van der Waals surface area contributed by atoms with Crippen LogP contribution in [0.15, 0.2) is 12.7 Å². The lowest BCUT2D eigenvalue weighted by molar-refractivity contribution is 0.0425. The fourth-order valence-electron chi connectivity index (χ4n) is 1.28. The Kier molecular flexibility index (Phi) is 3.66. The molecule has 10 heavy (non-hydrogen) atoms. The van der Waals surface area contributed by atoms with E-state index in [1.165, 1.54) is 0 Å². The largest absolute Gasteiger partial charge is 0.386 e. The number of hydrogen-bond donors (Lipinski definition) is 1. The molecular formula is C9H18O. The quantitative estimate of drug-likeness (QED) is 0.597. The normalized spacial score (nSPS) is 16.9. The first-order valence-electron chi connectivity index (χ1n) is 3.94. The summed E-state index contributed by atoms with van der Waals surface area (Å²) in [7, 11) is 0. The van der Waals surface area contributed by atoms with Gasteiger partial charge < -0.3 is 5.11 Å². The van der Waals surface area contributed by atoms with E-state index in [0.29, 0.717) is 5.92 Å². The lowest BCUT2D eigenvalue weighted by Gasteiger charge is -2.27. The van der Waals surface area contributed by atoms with Gasteiger partial charge in [-0.05, 0) is 12.8 Å². The minimum atomic E-state index is -0.677. The van der Waals surface area contributed by atoms with Crippen LogP contribution in [0.5, 0.6) is 0 Å². The van der Waals surface area contributed by atoms with Crippen molar-refractivity contribution in [3.05, 3.63) is 12.7 Å². The van der Waals surface area contributed by atoms with Crippen molar-refractivity contribution in [3.8, 4) is 0 Å². The highest BCUT2D eigenvalue weighted by Gasteiger charge is 2.24. The Balaban J connectivity index is 4.10. The SMILES string of the molecule is C=CC(C)(O)C(CC)CC. The zero-order valence-electron chi connectivity index (χ0n) is 7.22. The molecule has 0 spiro atoms. The molecule has 0 aromatic heterocycles. The van der Waals surface area contributed by atoms with E-state index in [9.17, 15) is 5.11 Å². The lowest BCUT2D eigenvalue weighted by atomic mass is 9.85. The van der Waals surface area contributed by atoms with Gasteiger partial charge in [-0.2, -0.15) is 0 Å². The van der Waals surface area contributed by atoms with Crippen LogP contribution in [0.4, 0.5) is 0 Å². The first-order valence-corrected chi connectivity index (χ1v) is 3.94. The van der Waals surface area contributed by atoms with Gasteiger partial charge in [0, 0.05) is 0 Å². The summed E-state index contributed by atoms with van der Waals surface area (Å²) in [4.78, 5) is 0. The molecule has 0 saturated carbocycles. The van der Waals surface area contributed by atoms with Gasteiger partial charge in [0.05, 0.1) is 5.60 Å². The van der Waals surface area contributed by atoms with Crippen LogP contribution in [0.1, 0.15) is 33.6 Å². The standard InChI is InChI=1S/C9H18O/c1-5-8(6-2)9(4,10)7-3/h7-8,10H,3,5-6H2,1-2,4H3. The maximum absolute atomic E-state index is 9.66. The molecule has 1 heteroatoms. The fraction of sp³-hybridized carbons (Fsp3) is 0.778. The van der Waals surface area contributed by atoms with Gasteiger partial charge >= 0.3 is 0 Å². The molecule has 0 rings (SSSR count). The van der Waals surface area contributed by atoms with Crippen LogP contribution >= 0.6 is 0 Å². The van der Waals surface area contributed by atoms with Gasteiger partial charge in [0.2, 0.25) is 0 Å². The summed E-state index contributed by atoms with van der Waals surface area (Å²) in [6, 6.07) is 0. The van der Waals surface area contributed by atoms with Crippen LogP contribution in [-0.4, -0.2) is 10.7 Å². The first kappa shape index (κ1) is 9.70. The van der Waals surface area contributed by atoms with Gasteiger partial charge in [0.1, 0.15) is 0 Å². The molecule has 0 fully saturated rings. The van der Waals surface area contributed by atoms with Crippen LogP contribution in [-0.2, 0) is 0 Å². The highest BCUT2D eigenvalue weighted by molar-refractivity contribution is 4.95. The second-order valence-corrected chi connectivity index (χ2v) is 2.94. The third-order valence-corrected chi connectivity index (χ3v) is 2.23. The highest BCUT2D eigenvalue weighted by atomic mass is 16.3. The van der Waals surface area contributed by atoms with Crippen molar-refractivity contribution >= 4 is 0 Å². The molecule has 60 valence electrons. The maximum atomic E-state index is 9.66. The minimum Gasteiger partial charge on any atom is -0.386 e. The predicted molar refractivity (Wildman–Crippen MR) is 44.9 cm³/mol. The van der Waals surface area contributed by atoms with Crippen LogP contribution in [0.3, 0.4) is 0 Å². The van der Waals surface area contributed by atoms with Crippen molar-refractivity contribution in [2.24, 2.45) is 5.92 Å². The van der Waals surface area contributed by atoms with Crippen molar-refractivity contribution in [2.45, 2.75) is 39.2 Å². The molecule has 1 nitrogen and oxygen atoms in total. The van der Waals surface area contributed by atoms with Gasteiger partial charge in [0.15, 0.2) is 0 Å². The van der Waals surface area contributed by atoms with Crippen LogP contribution in [0.25, 0.3) is 0 Å². The molecule has 1 atom stereocenters. The minimum absolute atomic E-state index is 0.352. The Morgan fingerprint density at radius 2 is 1.90 bits per heavy atom. The predicted octanol–water partition coefficient (Wildman–Crippen LogP) is 2.36. The van der Waals surface area contributed by atoms with E-state index in [0.717, 1.165) is 12.8 Å². The summed E-state index contributed by atoms with van der Waals surface area (Å²) in [6.45, 7) is 9.60. The monoisotopic (exact) mass is 142 g/mol. The molecule has 0 bridgehead atoms. The van der Waals surface area contributed by atoms with Crippen molar-refractivity contribution in [3.63, 3.8) is 0 Å². The third kappa shape index (κ3) is 2.14. The molecule has 0 saturated heterocycles. The van der Waals surface area contributed by atoms with Crippen molar-refractivity contribution in [1.29, 1.82) is 0 Å². The molecule has 0 aromatic rings. The number of hydrogen-bond acceptors (Lipinski definition) is 1. The van der Waals surface area contributed by atoms with Crippen molar-refractivity contribution < 1.29 is 5.11 Å². The zero-order valence-corrected chi connectivity index (χ0v) is 7.22. The van der Waals surface area contributed by atoms with Crippen molar-refractivity contribution in [2.75, 3.05) is 0 Å². The van der Waals surface area contributed by atoms with E-state index < -0.39 is 5.60 Å². The summed E-state index contributed by atoms with van der Waals surface area (Å²) in [5.74, 6) is 0.352. The van der Waals surface area contributed by atoms with Crippen LogP contribution < -0.4 is 0 Å². The molecule has 0 aromatic carbocycles. The van der Waals surface area contributed by atoms with Gasteiger partial charge in [-0.25, -0.2) is 0 Å².